The minimum atomic E-state index is -0.409. The molecule has 2 aromatic heterocycles. The molecule has 0 atom stereocenters. The van der Waals surface area contributed by atoms with Crippen molar-refractivity contribution < 1.29 is 13.9 Å². The van der Waals surface area contributed by atoms with Gasteiger partial charge in [0.05, 0.1) is 7.11 Å². The van der Waals surface area contributed by atoms with E-state index >= 15 is 0 Å². The van der Waals surface area contributed by atoms with Crippen molar-refractivity contribution in [2.45, 2.75) is 0 Å². The van der Waals surface area contributed by atoms with Crippen LogP contribution in [0.2, 0.25) is 0 Å². The molecular weight excluding hydrogens is 364 g/mol. The lowest BCUT2D eigenvalue weighted by Gasteiger charge is -2.04. The van der Waals surface area contributed by atoms with Crippen molar-refractivity contribution in [1.82, 2.24) is 4.98 Å². The molecule has 2 aromatic carbocycles. The summed E-state index contributed by atoms with van der Waals surface area (Å²) in [7, 11) is 1.61. The lowest BCUT2D eigenvalue weighted by Crippen LogP contribution is -2.12. The molecule has 0 aliphatic rings. The second-order valence-electron chi connectivity index (χ2n) is 5.73. The van der Waals surface area contributed by atoms with E-state index in [1.54, 1.807) is 36.8 Å². The van der Waals surface area contributed by atoms with Gasteiger partial charge in [0.2, 0.25) is 0 Å². The van der Waals surface area contributed by atoms with Gasteiger partial charge in [0.15, 0.2) is 0 Å². The highest BCUT2D eigenvalue weighted by molar-refractivity contribution is 7.13. The fraction of sp³-hybridized carbons (Fsp3) is 0.0500. The maximum Gasteiger partial charge on any atom is 0.336 e. The molecule has 6 nitrogen and oxygen atoms in total. The highest BCUT2D eigenvalue weighted by Gasteiger charge is 2.13. The van der Waals surface area contributed by atoms with Gasteiger partial charge in [0.25, 0.3) is 5.91 Å². The standard InChI is InChI=1S/C20H14N2O4S/c1-25-15-6-2-12(3-7-15)20-22-16(11-27-20)19(24)21-14-5-8-17-13(10-14)4-9-18(23)26-17/h2-11H,1H3,(H,21,24). The fourth-order valence-corrected chi connectivity index (χ4v) is 3.40. The molecular formula is C20H14N2O4S. The lowest BCUT2D eigenvalue weighted by molar-refractivity contribution is 0.102. The molecule has 2 heterocycles. The number of carbonyl (C=O) groups excluding carboxylic acids is 1. The number of rotatable bonds is 4. The predicted octanol–water partition coefficient (Wildman–Crippen LogP) is 4.18. The monoisotopic (exact) mass is 378 g/mol. The molecule has 0 unspecified atom stereocenters. The largest absolute Gasteiger partial charge is 0.497 e. The second kappa shape index (κ2) is 7.05. The van der Waals surface area contributed by atoms with Crippen LogP contribution in [-0.2, 0) is 0 Å². The van der Waals surface area contributed by atoms with Crippen molar-refractivity contribution in [1.29, 1.82) is 0 Å². The average molecular weight is 378 g/mol. The van der Waals surface area contributed by atoms with E-state index in [4.69, 9.17) is 9.15 Å². The van der Waals surface area contributed by atoms with Crippen molar-refractivity contribution in [2.24, 2.45) is 0 Å². The molecule has 0 radical (unpaired) electrons. The molecule has 4 aromatic rings. The van der Waals surface area contributed by atoms with E-state index in [2.05, 4.69) is 10.3 Å². The number of nitrogens with zero attached hydrogens (tertiary/aromatic N) is 1. The molecule has 7 heteroatoms. The van der Waals surface area contributed by atoms with Crippen LogP contribution < -0.4 is 15.7 Å². The Bertz CT molecular complexity index is 1180. The summed E-state index contributed by atoms with van der Waals surface area (Å²) in [6.45, 7) is 0. The van der Waals surface area contributed by atoms with Gasteiger partial charge in [-0.3, -0.25) is 4.79 Å². The average Bonchev–Trinajstić information content (AvgIpc) is 3.18. The summed E-state index contributed by atoms with van der Waals surface area (Å²) in [6, 6.07) is 15.6. The summed E-state index contributed by atoms with van der Waals surface area (Å²) in [6.07, 6.45) is 0. The van der Waals surface area contributed by atoms with Gasteiger partial charge in [-0.15, -0.1) is 11.3 Å². The summed E-state index contributed by atoms with van der Waals surface area (Å²) >= 11 is 1.40. The Hall–Kier alpha value is -3.45. The molecule has 0 saturated heterocycles. The molecule has 0 bridgehead atoms. The maximum atomic E-state index is 12.5. The molecule has 0 aliphatic carbocycles. The number of fused-ring (bicyclic) bond motifs is 1. The smallest absolute Gasteiger partial charge is 0.336 e. The zero-order valence-electron chi connectivity index (χ0n) is 14.3. The highest BCUT2D eigenvalue weighted by Crippen LogP contribution is 2.26. The summed E-state index contributed by atoms with van der Waals surface area (Å²) in [5.74, 6) is 0.461. The number of carbonyl (C=O) groups is 1. The van der Waals surface area contributed by atoms with Crippen molar-refractivity contribution >= 4 is 33.9 Å². The lowest BCUT2D eigenvalue weighted by atomic mass is 10.2. The van der Waals surface area contributed by atoms with Gasteiger partial charge in [0.1, 0.15) is 22.0 Å². The van der Waals surface area contributed by atoms with Gasteiger partial charge in [-0.05, 0) is 48.5 Å². The van der Waals surface area contributed by atoms with Crippen molar-refractivity contribution in [3.8, 4) is 16.3 Å². The third-order valence-corrected chi connectivity index (χ3v) is 4.84. The molecule has 1 amide bonds. The molecule has 1 N–H and O–H groups in total. The SMILES string of the molecule is COc1ccc(-c2nc(C(=O)Nc3ccc4oc(=O)ccc4c3)cs2)cc1. The molecule has 134 valence electrons. The van der Waals surface area contributed by atoms with Gasteiger partial charge >= 0.3 is 5.63 Å². The number of anilines is 1. The van der Waals surface area contributed by atoms with Crippen LogP contribution in [0.1, 0.15) is 10.5 Å². The van der Waals surface area contributed by atoms with Crippen LogP contribution >= 0.6 is 11.3 Å². The Morgan fingerprint density at radius 1 is 1.11 bits per heavy atom. The number of hydrogen-bond donors (Lipinski definition) is 1. The van der Waals surface area contributed by atoms with E-state index < -0.39 is 5.63 Å². The topological polar surface area (TPSA) is 81.4 Å². The first-order valence-corrected chi connectivity index (χ1v) is 8.95. The van der Waals surface area contributed by atoms with Crippen LogP contribution in [0.5, 0.6) is 5.75 Å². The maximum absolute atomic E-state index is 12.5. The van der Waals surface area contributed by atoms with Crippen LogP contribution in [0, 0.1) is 0 Å². The zero-order chi connectivity index (χ0) is 18.8. The normalized spacial score (nSPS) is 10.7. The number of amides is 1. The number of hydrogen-bond acceptors (Lipinski definition) is 6. The predicted molar refractivity (Wildman–Crippen MR) is 105 cm³/mol. The number of methoxy groups -OCH3 is 1. The summed E-state index contributed by atoms with van der Waals surface area (Å²) in [5.41, 5.74) is 1.91. The van der Waals surface area contributed by atoms with Crippen molar-refractivity contribution in [3.05, 3.63) is 76.1 Å². The summed E-state index contributed by atoms with van der Waals surface area (Å²) < 4.78 is 10.2. The fourth-order valence-electron chi connectivity index (χ4n) is 2.59. The van der Waals surface area contributed by atoms with E-state index in [0.29, 0.717) is 17.0 Å². The van der Waals surface area contributed by atoms with E-state index in [1.165, 1.54) is 17.4 Å². The minimum Gasteiger partial charge on any atom is -0.497 e. The second-order valence-corrected chi connectivity index (χ2v) is 6.59. The quantitative estimate of drug-likeness (QED) is 0.539. The van der Waals surface area contributed by atoms with E-state index in [0.717, 1.165) is 21.7 Å². The van der Waals surface area contributed by atoms with Gasteiger partial charge in [-0.2, -0.15) is 0 Å². The Morgan fingerprint density at radius 3 is 2.70 bits per heavy atom. The third-order valence-electron chi connectivity index (χ3n) is 3.95. The Balaban J connectivity index is 1.54. The Labute approximate surface area is 158 Å². The van der Waals surface area contributed by atoms with Gasteiger partial charge in [-0.25, -0.2) is 9.78 Å². The molecule has 0 saturated carbocycles. The van der Waals surface area contributed by atoms with Crippen LogP contribution in [0.4, 0.5) is 5.69 Å². The van der Waals surface area contributed by atoms with Gasteiger partial charge in [0, 0.05) is 28.1 Å². The van der Waals surface area contributed by atoms with E-state index in [-0.39, 0.29) is 5.91 Å². The Morgan fingerprint density at radius 2 is 1.93 bits per heavy atom. The van der Waals surface area contributed by atoms with Crippen LogP contribution in [-0.4, -0.2) is 18.0 Å². The highest BCUT2D eigenvalue weighted by atomic mass is 32.1. The van der Waals surface area contributed by atoms with Gasteiger partial charge < -0.3 is 14.5 Å². The number of benzene rings is 2. The first-order valence-electron chi connectivity index (χ1n) is 8.07. The molecule has 0 aliphatic heterocycles. The molecule has 0 fully saturated rings. The Kier molecular flexibility index (Phi) is 4.43. The number of thiazole rings is 1. The van der Waals surface area contributed by atoms with Gasteiger partial charge in [-0.1, -0.05) is 0 Å². The third kappa shape index (κ3) is 3.58. The van der Waals surface area contributed by atoms with Crippen LogP contribution in [0.15, 0.2) is 69.2 Å². The first-order chi connectivity index (χ1) is 13.1. The van der Waals surface area contributed by atoms with Crippen molar-refractivity contribution in [2.75, 3.05) is 12.4 Å². The number of nitrogens with one attached hydrogen (secondary N) is 1. The minimum absolute atomic E-state index is 0.303. The number of ether oxygens (including phenoxy) is 1. The number of aromatic nitrogens is 1. The van der Waals surface area contributed by atoms with Crippen LogP contribution in [0.3, 0.4) is 0 Å². The van der Waals surface area contributed by atoms with E-state index in [9.17, 15) is 9.59 Å². The summed E-state index contributed by atoms with van der Waals surface area (Å²) in [4.78, 5) is 28.1. The molecule has 27 heavy (non-hydrogen) atoms. The van der Waals surface area contributed by atoms with Crippen LogP contribution in [0.25, 0.3) is 21.5 Å². The van der Waals surface area contributed by atoms with E-state index in [1.807, 2.05) is 24.3 Å². The molecule has 4 rings (SSSR count). The molecule has 0 spiro atoms. The van der Waals surface area contributed by atoms with Crippen molar-refractivity contribution in [3.63, 3.8) is 0 Å². The summed E-state index contributed by atoms with van der Waals surface area (Å²) in [5, 5.41) is 6.01. The first kappa shape index (κ1) is 17.0. The zero-order valence-corrected chi connectivity index (χ0v) is 15.1.